The number of nitrogens with one attached hydrogen (secondary N) is 2. The summed E-state index contributed by atoms with van der Waals surface area (Å²) in [6.45, 7) is 8.04. The number of nitrogens with zero attached hydrogens (tertiary/aromatic N) is 4. The Labute approximate surface area is 166 Å². The number of aliphatic imine (C=N–C) groups is 1. The van der Waals surface area contributed by atoms with E-state index in [2.05, 4.69) is 25.7 Å². The van der Waals surface area contributed by atoms with Crippen LogP contribution >= 0.6 is 24.0 Å². The molecule has 2 aromatic rings. The van der Waals surface area contributed by atoms with Crippen LogP contribution in [0.5, 0.6) is 5.75 Å². The van der Waals surface area contributed by atoms with Crippen LogP contribution in [0.2, 0.25) is 0 Å². The van der Waals surface area contributed by atoms with Crippen LogP contribution in [0.25, 0.3) is 0 Å². The van der Waals surface area contributed by atoms with Crippen molar-refractivity contribution in [2.75, 3.05) is 6.54 Å². The maximum atomic E-state index is 5.65. The Morgan fingerprint density at radius 2 is 1.96 bits per heavy atom. The minimum atomic E-state index is 0. The number of aryl methyl sites for hydroxylation is 1. The second-order valence-electron chi connectivity index (χ2n) is 5.66. The van der Waals surface area contributed by atoms with Gasteiger partial charge >= 0.3 is 0 Å². The molecule has 0 unspecified atom stereocenters. The van der Waals surface area contributed by atoms with Crippen molar-refractivity contribution < 1.29 is 4.74 Å². The summed E-state index contributed by atoms with van der Waals surface area (Å²) in [6, 6.07) is 8.02. The molecular weight excluding hydrogens is 431 g/mol. The van der Waals surface area contributed by atoms with Gasteiger partial charge in [-0.3, -0.25) is 4.68 Å². The SMILES string of the molecule is CCNC(=NCc1ccc(OC(C)C)cc1)NCc1ncnn1C.I. The van der Waals surface area contributed by atoms with Crippen LogP contribution in [0.3, 0.4) is 0 Å². The molecule has 1 heterocycles. The van der Waals surface area contributed by atoms with Gasteiger partial charge in [0.2, 0.25) is 0 Å². The van der Waals surface area contributed by atoms with Crippen LogP contribution in [-0.2, 0) is 20.1 Å². The number of guanidine groups is 1. The number of hydrogen-bond donors (Lipinski definition) is 2. The van der Waals surface area contributed by atoms with E-state index in [1.165, 1.54) is 0 Å². The van der Waals surface area contributed by atoms with Gasteiger partial charge in [0, 0.05) is 13.6 Å². The van der Waals surface area contributed by atoms with Crippen molar-refractivity contribution >= 4 is 29.9 Å². The summed E-state index contributed by atoms with van der Waals surface area (Å²) in [7, 11) is 1.87. The summed E-state index contributed by atoms with van der Waals surface area (Å²) in [5, 5.41) is 10.5. The van der Waals surface area contributed by atoms with E-state index < -0.39 is 0 Å². The Morgan fingerprint density at radius 3 is 2.52 bits per heavy atom. The third kappa shape index (κ3) is 7.29. The zero-order valence-electron chi connectivity index (χ0n) is 15.2. The second-order valence-corrected chi connectivity index (χ2v) is 5.66. The first kappa shape index (κ1) is 21.2. The molecule has 0 amide bonds. The van der Waals surface area contributed by atoms with Crippen LogP contribution in [-0.4, -0.2) is 33.4 Å². The summed E-state index contributed by atoms with van der Waals surface area (Å²) >= 11 is 0. The predicted molar refractivity (Wildman–Crippen MR) is 110 cm³/mol. The minimum Gasteiger partial charge on any atom is -0.491 e. The molecule has 0 fully saturated rings. The Bertz CT molecular complexity index is 653. The lowest BCUT2D eigenvalue weighted by atomic mass is 10.2. The molecule has 2 N–H and O–H groups in total. The van der Waals surface area contributed by atoms with E-state index in [-0.39, 0.29) is 30.1 Å². The minimum absolute atomic E-state index is 0. The first-order valence-electron chi connectivity index (χ1n) is 8.19. The monoisotopic (exact) mass is 458 g/mol. The van der Waals surface area contributed by atoms with E-state index in [1.807, 2.05) is 52.1 Å². The number of benzene rings is 1. The molecule has 7 nitrogen and oxygen atoms in total. The predicted octanol–water partition coefficient (Wildman–Crippen LogP) is 2.48. The summed E-state index contributed by atoms with van der Waals surface area (Å²) in [6.07, 6.45) is 1.72. The molecule has 0 aliphatic carbocycles. The fourth-order valence-corrected chi connectivity index (χ4v) is 2.10. The first-order chi connectivity index (χ1) is 11.6. The first-order valence-corrected chi connectivity index (χ1v) is 8.19. The largest absolute Gasteiger partial charge is 0.491 e. The quantitative estimate of drug-likeness (QED) is 0.379. The van der Waals surface area contributed by atoms with Gasteiger partial charge in [0.05, 0.1) is 19.2 Å². The normalized spacial score (nSPS) is 11.2. The van der Waals surface area contributed by atoms with Crippen LogP contribution < -0.4 is 15.4 Å². The molecule has 0 spiro atoms. The van der Waals surface area contributed by atoms with E-state index in [0.717, 1.165) is 29.6 Å². The van der Waals surface area contributed by atoms with Crippen molar-refractivity contribution in [1.82, 2.24) is 25.4 Å². The molecule has 1 aromatic carbocycles. The second kappa shape index (κ2) is 10.9. The topological polar surface area (TPSA) is 76.4 Å². The van der Waals surface area contributed by atoms with Gasteiger partial charge in [0.25, 0.3) is 0 Å². The molecule has 0 bridgehead atoms. The van der Waals surface area contributed by atoms with Crippen molar-refractivity contribution in [3.8, 4) is 5.75 Å². The number of ether oxygens (including phenoxy) is 1. The Kier molecular flexibility index (Phi) is 9.25. The van der Waals surface area contributed by atoms with Crippen LogP contribution in [0.1, 0.15) is 32.2 Å². The molecule has 25 heavy (non-hydrogen) atoms. The van der Waals surface area contributed by atoms with E-state index in [0.29, 0.717) is 13.1 Å². The van der Waals surface area contributed by atoms with Gasteiger partial charge in [-0.15, -0.1) is 24.0 Å². The zero-order chi connectivity index (χ0) is 17.4. The van der Waals surface area contributed by atoms with Gasteiger partial charge in [0.15, 0.2) is 5.96 Å². The van der Waals surface area contributed by atoms with Gasteiger partial charge in [-0.2, -0.15) is 5.10 Å². The average molecular weight is 458 g/mol. The highest BCUT2D eigenvalue weighted by atomic mass is 127. The van der Waals surface area contributed by atoms with Gasteiger partial charge in [-0.1, -0.05) is 12.1 Å². The number of aromatic nitrogens is 3. The molecular formula is C17H27IN6O. The third-order valence-electron chi connectivity index (χ3n) is 3.28. The Morgan fingerprint density at radius 1 is 1.24 bits per heavy atom. The molecule has 1 aromatic heterocycles. The highest BCUT2D eigenvalue weighted by molar-refractivity contribution is 14.0. The number of halogens is 1. The van der Waals surface area contributed by atoms with E-state index in [9.17, 15) is 0 Å². The van der Waals surface area contributed by atoms with Crippen LogP contribution in [0, 0.1) is 0 Å². The molecule has 0 saturated carbocycles. The summed E-state index contributed by atoms with van der Waals surface area (Å²) in [5.74, 6) is 2.49. The molecule has 0 radical (unpaired) electrons. The van der Waals surface area contributed by atoms with Gasteiger partial charge in [-0.05, 0) is 38.5 Å². The van der Waals surface area contributed by atoms with Gasteiger partial charge in [-0.25, -0.2) is 9.98 Å². The number of rotatable bonds is 7. The van der Waals surface area contributed by atoms with Gasteiger partial charge in [0.1, 0.15) is 17.9 Å². The standard InChI is InChI=1S/C17H26N6O.HI/c1-5-18-17(20-11-16-21-12-22-23(16)4)19-10-14-6-8-15(9-7-14)24-13(2)3;/h6-9,12-13H,5,10-11H2,1-4H3,(H2,18,19,20);1H. The van der Waals surface area contributed by atoms with Crippen molar-refractivity contribution in [3.05, 3.63) is 42.0 Å². The highest BCUT2D eigenvalue weighted by Gasteiger charge is 2.03. The van der Waals surface area contributed by atoms with Crippen molar-refractivity contribution in [1.29, 1.82) is 0 Å². The van der Waals surface area contributed by atoms with Crippen LogP contribution in [0.4, 0.5) is 0 Å². The van der Waals surface area contributed by atoms with E-state index >= 15 is 0 Å². The molecule has 0 aliphatic heterocycles. The summed E-state index contributed by atoms with van der Waals surface area (Å²) < 4.78 is 7.39. The van der Waals surface area contributed by atoms with Crippen molar-refractivity contribution in [2.24, 2.45) is 12.0 Å². The van der Waals surface area contributed by atoms with Gasteiger partial charge < -0.3 is 15.4 Å². The lowest BCUT2D eigenvalue weighted by molar-refractivity contribution is 0.242. The van der Waals surface area contributed by atoms with E-state index in [1.54, 1.807) is 11.0 Å². The smallest absolute Gasteiger partial charge is 0.191 e. The Hall–Kier alpha value is -1.84. The van der Waals surface area contributed by atoms with E-state index in [4.69, 9.17) is 4.74 Å². The zero-order valence-corrected chi connectivity index (χ0v) is 17.5. The molecule has 0 aliphatic rings. The highest BCUT2D eigenvalue weighted by Crippen LogP contribution is 2.14. The lowest BCUT2D eigenvalue weighted by Gasteiger charge is -2.11. The molecule has 2 rings (SSSR count). The maximum absolute atomic E-state index is 5.65. The fourth-order valence-electron chi connectivity index (χ4n) is 2.10. The molecule has 0 saturated heterocycles. The molecule has 138 valence electrons. The molecule has 0 atom stereocenters. The number of hydrogen-bond acceptors (Lipinski definition) is 4. The summed E-state index contributed by atoms with van der Waals surface area (Å²) in [5.41, 5.74) is 1.13. The fraction of sp³-hybridized carbons (Fsp3) is 0.471. The Balaban J connectivity index is 0.00000312. The lowest BCUT2D eigenvalue weighted by Crippen LogP contribution is -2.37. The van der Waals surface area contributed by atoms with Crippen molar-refractivity contribution in [3.63, 3.8) is 0 Å². The van der Waals surface area contributed by atoms with Crippen LogP contribution in [0.15, 0.2) is 35.6 Å². The summed E-state index contributed by atoms with van der Waals surface area (Å²) in [4.78, 5) is 8.79. The van der Waals surface area contributed by atoms with Crippen molar-refractivity contribution in [2.45, 2.75) is 40.0 Å². The average Bonchev–Trinajstić information content (AvgIpc) is 2.96. The maximum Gasteiger partial charge on any atom is 0.191 e. The third-order valence-corrected chi connectivity index (χ3v) is 3.28. The molecule has 8 heteroatoms.